The quantitative estimate of drug-likeness (QED) is 0.346. The molecular weight excluding hydrogens is 412 g/mol. The van der Waals surface area contributed by atoms with E-state index >= 15 is 0 Å². The van der Waals surface area contributed by atoms with Gasteiger partial charge in [-0.1, -0.05) is 127 Å². The summed E-state index contributed by atoms with van der Waals surface area (Å²) in [6, 6.07) is 42.8. The van der Waals surface area contributed by atoms with Crippen molar-refractivity contribution >= 4 is 5.57 Å². The van der Waals surface area contributed by atoms with Gasteiger partial charge in [0.05, 0.1) is 5.60 Å². The number of benzene rings is 4. The summed E-state index contributed by atoms with van der Waals surface area (Å²) in [5.41, 5.74) is 5.48. The van der Waals surface area contributed by atoms with Gasteiger partial charge in [-0.2, -0.15) is 0 Å². The molecule has 0 aliphatic heterocycles. The Morgan fingerprint density at radius 1 is 0.588 bits per heavy atom. The van der Waals surface area contributed by atoms with E-state index in [1.54, 1.807) is 0 Å². The van der Waals surface area contributed by atoms with Gasteiger partial charge in [-0.15, -0.1) is 0 Å². The minimum absolute atomic E-state index is 0.120. The molecule has 168 valence electrons. The number of hydrogen-bond donors (Lipinski definition) is 1. The molecule has 5 atom stereocenters. The second kappa shape index (κ2) is 8.74. The van der Waals surface area contributed by atoms with Crippen LogP contribution >= 0.6 is 0 Å². The number of rotatable bonds is 4. The van der Waals surface area contributed by atoms with Crippen LogP contribution in [0.1, 0.15) is 46.9 Å². The molecule has 2 aliphatic carbocycles. The summed E-state index contributed by atoms with van der Waals surface area (Å²) in [6.07, 6.45) is 4.17. The first kappa shape index (κ1) is 21.1. The molecule has 0 heterocycles. The Kier molecular flexibility index (Phi) is 5.43. The number of aliphatic hydroxyl groups is 1. The van der Waals surface area contributed by atoms with Gasteiger partial charge in [0.2, 0.25) is 0 Å². The first-order valence-corrected chi connectivity index (χ1v) is 12.4. The Morgan fingerprint density at radius 2 is 1.12 bits per heavy atom. The van der Waals surface area contributed by atoms with Crippen molar-refractivity contribution < 1.29 is 5.11 Å². The van der Waals surface area contributed by atoms with Crippen LogP contribution in [-0.4, -0.2) is 5.11 Å². The van der Waals surface area contributed by atoms with E-state index in [0.29, 0.717) is 5.92 Å². The van der Waals surface area contributed by atoms with Gasteiger partial charge in [0.1, 0.15) is 0 Å². The molecule has 1 N–H and O–H groups in total. The minimum atomic E-state index is -0.891. The monoisotopic (exact) mass is 442 g/mol. The molecule has 0 spiro atoms. The molecule has 0 saturated heterocycles. The maximum atomic E-state index is 12.5. The smallest absolute Gasteiger partial charge is 0.0939 e. The summed E-state index contributed by atoms with van der Waals surface area (Å²) >= 11 is 0. The predicted molar refractivity (Wildman–Crippen MR) is 139 cm³/mol. The van der Waals surface area contributed by atoms with Crippen molar-refractivity contribution in [1.29, 1.82) is 0 Å². The van der Waals surface area contributed by atoms with Gasteiger partial charge in [0, 0.05) is 11.8 Å². The fourth-order valence-electron chi connectivity index (χ4n) is 6.54. The highest BCUT2D eigenvalue weighted by Gasteiger charge is 2.53. The Balaban J connectivity index is 1.57. The van der Waals surface area contributed by atoms with Crippen molar-refractivity contribution in [2.45, 2.75) is 30.3 Å². The second-order valence-electron chi connectivity index (χ2n) is 9.88. The van der Waals surface area contributed by atoms with Crippen LogP contribution < -0.4 is 0 Å². The summed E-state index contributed by atoms with van der Waals surface area (Å²) in [4.78, 5) is 0. The van der Waals surface area contributed by atoms with E-state index in [9.17, 15) is 5.11 Å². The number of hydrogen-bond acceptors (Lipinski definition) is 1. The first-order valence-electron chi connectivity index (χ1n) is 12.4. The third kappa shape index (κ3) is 3.61. The Bertz CT molecular complexity index is 1260. The van der Waals surface area contributed by atoms with Gasteiger partial charge in [-0.25, -0.2) is 0 Å². The topological polar surface area (TPSA) is 20.2 Å². The molecule has 1 saturated carbocycles. The average Bonchev–Trinajstić information content (AvgIpc) is 2.92. The van der Waals surface area contributed by atoms with Crippen LogP contribution in [0.2, 0.25) is 0 Å². The van der Waals surface area contributed by atoms with Crippen molar-refractivity contribution in [1.82, 2.24) is 0 Å². The molecule has 0 unspecified atom stereocenters. The van der Waals surface area contributed by atoms with Gasteiger partial charge in [0.15, 0.2) is 0 Å². The SMILES string of the molecule is O[C@]1(c2ccccc2)C[C@@H](c2ccccc2)[C@H]2C[C@@H]1[C@H](c1ccccc1)C=C2c1ccccc1. The van der Waals surface area contributed by atoms with Gasteiger partial charge in [-0.05, 0) is 52.5 Å². The molecule has 2 bridgehead atoms. The molecular formula is C33H30O. The van der Waals surface area contributed by atoms with Crippen molar-refractivity contribution in [3.05, 3.63) is 150 Å². The highest BCUT2D eigenvalue weighted by Crippen LogP contribution is 2.61. The van der Waals surface area contributed by atoms with Crippen LogP contribution in [0.5, 0.6) is 0 Å². The zero-order valence-corrected chi connectivity index (χ0v) is 19.3. The normalized spacial score (nSPS) is 28.2. The van der Waals surface area contributed by atoms with Crippen LogP contribution in [0.4, 0.5) is 0 Å². The molecule has 1 heteroatoms. The molecule has 1 fully saturated rings. The summed E-state index contributed by atoms with van der Waals surface area (Å²) in [5, 5.41) is 12.5. The third-order valence-corrected chi connectivity index (χ3v) is 8.12. The highest BCUT2D eigenvalue weighted by molar-refractivity contribution is 5.71. The predicted octanol–water partition coefficient (Wildman–Crippen LogP) is 7.57. The summed E-state index contributed by atoms with van der Waals surface area (Å²) < 4.78 is 0. The Hall–Kier alpha value is -3.42. The Labute approximate surface area is 202 Å². The zero-order chi connectivity index (χ0) is 23.0. The average molecular weight is 443 g/mol. The first-order chi connectivity index (χ1) is 16.7. The van der Waals surface area contributed by atoms with E-state index in [4.69, 9.17) is 0 Å². The second-order valence-corrected chi connectivity index (χ2v) is 9.88. The molecule has 0 radical (unpaired) electrons. The number of allylic oxidation sites excluding steroid dienone is 2. The molecule has 4 aromatic carbocycles. The van der Waals surface area contributed by atoms with Crippen LogP contribution in [0.25, 0.3) is 5.57 Å². The lowest BCUT2D eigenvalue weighted by Crippen LogP contribution is -2.48. The zero-order valence-electron chi connectivity index (χ0n) is 19.3. The highest BCUT2D eigenvalue weighted by atomic mass is 16.3. The molecule has 4 aromatic rings. The standard InChI is InChI=1S/C33H30O/c34-33(27-19-11-4-12-20-27)23-31(26-17-9-3-10-18-26)30-22-32(33)29(25-15-7-2-8-16-25)21-28(30)24-13-5-1-6-14-24/h1-21,29-32,34H,22-23H2/t29-,30-,31-,32+,33-/m0/s1. The van der Waals surface area contributed by atoms with E-state index in [2.05, 4.69) is 121 Å². The molecule has 0 aromatic heterocycles. The van der Waals surface area contributed by atoms with E-state index in [1.807, 2.05) is 6.07 Å². The van der Waals surface area contributed by atoms with E-state index in [-0.39, 0.29) is 17.8 Å². The maximum absolute atomic E-state index is 12.5. The molecule has 0 amide bonds. The lowest BCUT2D eigenvalue weighted by molar-refractivity contribution is -0.0784. The summed E-state index contributed by atoms with van der Waals surface area (Å²) in [7, 11) is 0. The van der Waals surface area contributed by atoms with Crippen LogP contribution in [-0.2, 0) is 5.60 Å². The van der Waals surface area contributed by atoms with Crippen LogP contribution in [0.3, 0.4) is 0 Å². The molecule has 1 nitrogen and oxygen atoms in total. The van der Waals surface area contributed by atoms with Gasteiger partial charge in [-0.3, -0.25) is 0 Å². The molecule has 6 rings (SSSR count). The lowest BCUT2D eigenvalue weighted by Gasteiger charge is -2.53. The lowest BCUT2D eigenvalue weighted by atomic mass is 9.53. The maximum Gasteiger partial charge on any atom is 0.0939 e. The third-order valence-electron chi connectivity index (χ3n) is 8.12. The molecule has 34 heavy (non-hydrogen) atoms. The van der Waals surface area contributed by atoms with Crippen LogP contribution in [0, 0.1) is 11.8 Å². The van der Waals surface area contributed by atoms with Crippen molar-refractivity contribution in [2.75, 3.05) is 0 Å². The fraction of sp³-hybridized carbons (Fsp3) is 0.212. The largest absolute Gasteiger partial charge is 0.385 e. The van der Waals surface area contributed by atoms with Crippen molar-refractivity contribution in [3.8, 4) is 0 Å². The van der Waals surface area contributed by atoms with Gasteiger partial charge in [0.25, 0.3) is 0 Å². The minimum Gasteiger partial charge on any atom is -0.385 e. The summed E-state index contributed by atoms with van der Waals surface area (Å²) in [6.45, 7) is 0. The van der Waals surface area contributed by atoms with Crippen molar-refractivity contribution in [3.63, 3.8) is 0 Å². The van der Waals surface area contributed by atoms with Crippen LogP contribution in [0.15, 0.2) is 127 Å². The Morgan fingerprint density at radius 3 is 1.74 bits per heavy atom. The van der Waals surface area contributed by atoms with E-state index in [0.717, 1.165) is 18.4 Å². The summed E-state index contributed by atoms with van der Waals surface area (Å²) in [5.74, 6) is 0.911. The fourth-order valence-corrected chi connectivity index (χ4v) is 6.54. The van der Waals surface area contributed by atoms with E-state index in [1.165, 1.54) is 22.3 Å². The van der Waals surface area contributed by atoms with Crippen molar-refractivity contribution in [2.24, 2.45) is 11.8 Å². The number of fused-ring (bicyclic) bond motifs is 2. The molecule has 2 aliphatic rings. The van der Waals surface area contributed by atoms with Gasteiger partial charge < -0.3 is 5.11 Å². The van der Waals surface area contributed by atoms with E-state index < -0.39 is 5.60 Å². The van der Waals surface area contributed by atoms with Gasteiger partial charge >= 0.3 is 0 Å².